The second-order valence-corrected chi connectivity index (χ2v) is 12.5. The zero-order chi connectivity index (χ0) is 54.5. The Morgan fingerprint density at radius 2 is 0.200 bits per heavy atom. The molecule has 0 fully saturated rings. The highest BCUT2D eigenvalue weighted by Gasteiger charge is 3.03. The number of alkyl halides is 43. The molecule has 0 aliphatic rings. The molecule has 0 unspecified atom stereocenters. The topological polar surface area (TPSA) is 0 Å². The highest BCUT2D eigenvalue weighted by molar-refractivity contribution is 7.81. The van der Waals surface area contributed by atoms with Gasteiger partial charge in [-0.2, -0.15) is 189 Å². The van der Waals surface area contributed by atoms with Crippen LogP contribution in [0.1, 0.15) is 0 Å². The molecule has 0 aliphatic carbocycles. The minimum Gasteiger partial charge on any atom is -0.192 e. The molecule has 0 heterocycles. The average molecular weight is 1100 g/mol. The molecule has 0 aromatic heterocycles. The van der Waals surface area contributed by atoms with Gasteiger partial charge in [-0.05, 0) is 0 Å². The van der Waals surface area contributed by atoms with E-state index in [1.165, 1.54) is 0 Å². The maximum Gasteiger partial charge on any atom is 0.460 e. The molecule has 0 aliphatic heterocycles. The molecule has 65 heavy (non-hydrogen) atoms. The van der Waals surface area contributed by atoms with Crippen LogP contribution in [0.3, 0.4) is 0 Å². The molecule has 0 spiro atoms. The third kappa shape index (κ3) is 6.87. The van der Waals surface area contributed by atoms with Gasteiger partial charge in [0.15, 0.2) is 0 Å². The van der Waals surface area contributed by atoms with E-state index in [2.05, 4.69) is 0 Å². The maximum absolute atomic E-state index is 14.0. The van der Waals surface area contributed by atoms with Crippen molar-refractivity contribution in [3.63, 3.8) is 0 Å². The lowest BCUT2D eigenvalue weighted by Gasteiger charge is -2.47. The van der Waals surface area contributed by atoms with E-state index in [-0.39, 0.29) is 0 Å². The molecule has 0 atom stereocenters. The van der Waals surface area contributed by atoms with Crippen LogP contribution >= 0.6 is 12.6 Å². The highest BCUT2D eigenvalue weighted by atomic mass is 32.1. The summed E-state index contributed by atoms with van der Waals surface area (Å²) in [7, 11) is 0. The Kier molecular flexibility index (Phi) is 14.1. The van der Waals surface area contributed by atoms with E-state index in [0.29, 0.717) is 0 Å². The lowest BCUT2D eigenvalue weighted by Crippen LogP contribution is -2.80. The van der Waals surface area contributed by atoms with Gasteiger partial charge in [0.1, 0.15) is 0 Å². The van der Waals surface area contributed by atoms with Crippen LogP contribution in [-0.4, -0.2) is 124 Å². The molecular weight excluding hydrogens is 1100 g/mol. The Morgan fingerprint density at radius 1 is 0.123 bits per heavy atom. The van der Waals surface area contributed by atoms with Crippen molar-refractivity contribution in [1.29, 1.82) is 0 Å². The fourth-order valence-corrected chi connectivity index (χ4v) is 3.86. The van der Waals surface area contributed by atoms with Crippen LogP contribution in [0.4, 0.5) is 189 Å². The molecular formula is C21HF43S. The number of thiol groups is 1. The van der Waals surface area contributed by atoms with Gasteiger partial charge in [-0.15, -0.1) is 0 Å². The van der Waals surface area contributed by atoms with Gasteiger partial charge in [-0.1, -0.05) is 12.6 Å². The molecule has 0 nitrogen and oxygen atoms in total. The summed E-state index contributed by atoms with van der Waals surface area (Å²) in [5.41, 5.74) is 0. The number of rotatable bonds is 19. The highest BCUT2D eigenvalue weighted by Crippen LogP contribution is 2.71. The number of hydrogen-bond acceptors (Lipinski definition) is 1. The second kappa shape index (κ2) is 14.7. The van der Waals surface area contributed by atoms with Crippen molar-refractivity contribution in [2.75, 3.05) is 0 Å². The third-order valence-electron chi connectivity index (χ3n) is 7.83. The molecule has 0 bridgehead atoms. The molecule has 0 saturated carbocycles. The first-order chi connectivity index (χ1) is 27.0. The zero-order valence-electron chi connectivity index (χ0n) is 27.2. The lowest BCUT2D eigenvalue weighted by molar-refractivity contribution is -0.496. The molecule has 0 saturated heterocycles. The molecule has 0 N–H and O–H groups in total. The standard InChI is InChI=1S/C21HF43S/c22-1(23,2(24,25)4(28,29)6(32,33)8(36,37)10(40,41)12(44,45)14(48,49)16(52,53)18(56,57)20(60,61)62)3(26,27)5(30,31)7(34,35)9(38,39)11(42,43)13(46,47)15(50,51)17(54,55)19(58,59)21(63,64)65/h65H. The van der Waals surface area contributed by atoms with Crippen LogP contribution in [0, 0.1) is 0 Å². The summed E-state index contributed by atoms with van der Waals surface area (Å²) in [6.45, 7) is 0. The number of hydrogen-bond donors (Lipinski definition) is 1. The summed E-state index contributed by atoms with van der Waals surface area (Å²) in [6.07, 6.45) is -8.55. The van der Waals surface area contributed by atoms with E-state index in [0.717, 1.165) is 12.6 Å². The third-order valence-corrected chi connectivity index (χ3v) is 8.11. The van der Waals surface area contributed by atoms with Crippen LogP contribution in [0.2, 0.25) is 0 Å². The molecule has 0 radical (unpaired) electrons. The monoisotopic (exact) mass is 1100 g/mol. The maximum atomic E-state index is 14.0. The first kappa shape index (κ1) is 62.3. The van der Waals surface area contributed by atoms with Gasteiger partial charge in [-0.3, -0.25) is 0 Å². The zero-order valence-corrected chi connectivity index (χ0v) is 28.1. The van der Waals surface area contributed by atoms with Crippen molar-refractivity contribution >= 4 is 12.6 Å². The van der Waals surface area contributed by atoms with Crippen LogP contribution in [-0.2, 0) is 0 Å². The first-order valence-electron chi connectivity index (χ1n) is 13.3. The second-order valence-electron chi connectivity index (χ2n) is 12.0. The molecule has 392 valence electrons. The molecule has 0 aromatic rings. The fourth-order valence-electron chi connectivity index (χ4n) is 3.72. The predicted octanol–water partition coefficient (Wildman–Crippen LogP) is 14.1. The van der Waals surface area contributed by atoms with E-state index in [4.69, 9.17) is 0 Å². The first-order valence-corrected chi connectivity index (χ1v) is 13.8. The van der Waals surface area contributed by atoms with E-state index in [9.17, 15) is 189 Å². The number of halogens is 43. The van der Waals surface area contributed by atoms with Gasteiger partial charge in [-0.25, -0.2) is 0 Å². The van der Waals surface area contributed by atoms with E-state index < -0.39 is 124 Å². The van der Waals surface area contributed by atoms with Gasteiger partial charge in [0.25, 0.3) is 0 Å². The van der Waals surface area contributed by atoms with Crippen LogP contribution in [0.5, 0.6) is 0 Å². The summed E-state index contributed by atoms with van der Waals surface area (Å²) >= 11 is 1.03. The van der Waals surface area contributed by atoms with E-state index in [1.54, 1.807) is 0 Å². The van der Waals surface area contributed by atoms with Crippen molar-refractivity contribution in [3.05, 3.63) is 0 Å². The van der Waals surface area contributed by atoms with Crippen molar-refractivity contribution in [1.82, 2.24) is 0 Å². The molecule has 0 amide bonds. The van der Waals surface area contributed by atoms with Crippen LogP contribution in [0.25, 0.3) is 0 Å². The van der Waals surface area contributed by atoms with Gasteiger partial charge < -0.3 is 0 Å². The summed E-state index contributed by atoms with van der Waals surface area (Å²) in [4.78, 5) is 0. The molecule has 44 heteroatoms. The Balaban J connectivity index is 8.03. The normalized spacial score (nSPS) is 17.5. The fraction of sp³-hybridized carbons (Fsp3) is 1.00. The average Bonchev–Trinajstić information content (AvgIpc) is 3.05. The smallest absolute Gasteiger partial charge is 0.192 e. The Labute approximate surface area is 326 Å². The van der Waals surface area contributed by atoms with Gasteiger partial charge >= 0.3 is 124 Å². The van der Waals surface area contributed by atoms with Crippen molar-refractivity contribution in [2.24, 2.45) is 0 Å². The molecule has 0 rings (SSSR count). The Bertz CT molecular complexity index is 1610. The Hall–Kier alpha value is -2.66. The summed E-state index contributed by atoms with van der Waals surface area (Å²) in [6, 6.07) is 0. The quantitative estimate of drug-likeness (QED) is 0.0967. The summed E-state index contributed by atoms with van der Waals surface area (Å²) in [5, 5.41) is -7.36. The minimum absolute atomic E-state index is 1.03. The van der Waals surface area contributed by atoms with Gasteiger partial charge in [0.05, 0.1) is 0 Å². The van der Waals surface area contributed by atoms with E-state index in [1.807, 2.05) is 0 Å². The Morgan fingerprint density at radius 3 is 0.277 bits per heavy atom. The van der Waals surface area contributed by atoms with Gasteiger partial charge in [0, 0.05) is 0 Å². The molecule has 0 aromatic carbocycles. The predicted molar refractivity (Wildman–Crippen MR) is 114 cm³/mol. The van der Waals surface area contributed by atoms with E-state index >= 15 is 0 Å². The largest absolute Gasteiger partial charge is 0.460 e. The summed E-state index contributed by atoms with van der Waals surface area (Å²) < 4.78 is 581. The van der Waals surface area contributed by atoms with Crippen molar-refractivity contribution < 1.29 is 189 Å². The van der Waals surface area contributed by atoms with Crippen molar-refractivity contribution in [3.8, 4) is 0 Å². The SMILES string of the molecule is FC(F)(F)C(F)(F)C(F)(F)C(F)(F)C(F)(F)C(F)(F)C(F)(F)C(F)(F)C(F)(F)C(F)(F)C(F)(F)C(F)(F)C(F)(F)C(F)(F)C(F)(F)C(F)(F)C(F)(F)C(F)(F)C(F)(F)C(F)(F)C(F)(F)S. The van der Waals surface area contributed by atoms with Crippen LogP contribution < -0.4 is 0 Å². The minimum atomic E-state index is -10.7. The lowest BCUT2D eigenvalue weighted by atomic mass is 9.81. The van der Waals surface area contributed by atoms with Crippen molar-refractivity contribution in [2.45, 2.75) is 124 Å². The summed E-state index contributed by atoms with van der Waals surface area (Å²) in [5.74, 6) is -192. The van der Waals surface area contributed by atoms with Crippen LogP contribution in [0.15, 0.2) is 0 Å². The van der Waals surface area contributed by atoms with Gasteiger partial charge in [0.2, 0.25) is 0 Å².